The van der Waals surface area contributed by atoms with E-state index in [-0.39, 0.29) is 11.4 Å². The van der Waals surface area contributed by atoms with Crippen molar-refractivity contribution in [2.75, 3.05) is 5.88 Å². The van der Waals surface area contributed by atoms with Crippen molar-refractivity contribution in [3.05, 3.63) is 29.6 Å². The van der Waals surface area contributed by atoms with Crippen LogP contribution in [0, 0.1) is 5.82 Å². The zero-order valence-corrected chi connectivity index (χ0v) is 6.81. The normalized spacial score (nSPS) is 9.83. The molecule has 0 spiro atoms. The standard InChI is InChI=1S/C8H6ClFO2/c9-4-7(11)5-2-1-3-6(10)8(5)12/h1-3,12H,4H2. The van der Waals surface area contributed by atoms with E-state index >= 15 is 0 Å². The van der Waals surface area contributed by atoms with Crippen LogP contribution in [0.25, 0.3) is 0 Å². The second-order valence-electron chi connectivity index (χ2n) is 2.19. The Hall–Kier alpha value is -1.09. The minimum atomic E-state index is -0.814. The smallest absolute Gasteiger partial charge is 0.181 e. The summed E-state index contributed by atoms with van der Waals surface area (Å²) in [5.74, 6) is -2.21. The van der Waals surface area contributed by atoms with Crippen LogP contribution in [-0.2, 0) is 0 Å². The van der Waals surface area contributed by atoms with Gasteiger partial charge in [0.05, 0.1) is 11.4 Å². The molecule has 1 rings (SSSR count). The van der Waals surface area contributed by atoms with Crippen LogP contribution in [0.15, 0.2) is 18.2 Å². The van der Waals surface area contributed by atoms with Gasteiger partial charge in [-0.1, -0.05) is 6.07 Å². The summed E-state index contributed by atoms with van der Waals surface area (Å²) in [6.07, 6.45) is 0. The summed E-state index contributed by atoms with van der Waals surface area (Å²) in [5, 5.41) is 9.04. The van der Waals surface area contributed by atoms with Crippen molar-refractivity contribution in [3.8, 4) is 5.75 Å². The number of hydrogen-bond donors (Lipinski definition) is 1. The van der Waals surface area contributed by atoms with Gasteiger partial charge in [0, 0.05) is 0 Å². The van der Waals surface area contributed by atoms with Crippen LogP contribution >= 0.6 is 11.6 Å². The first kappa shape index (κ1) is 9.00. The maximum absolute atomic E-state index is 12.6. The highest BCUT2D eigenvalue weighted by Crippen LogP contribution is 2.21. The second-order valence-corrected chi connectivity index (χ2v) is 2.46. The minimum Gasteiger partial charge on any atom is -0.504 e. The fraction of sp³-hybridized carbons (Fsp3) is 0.125. The molecule has 0 atom stereocenters. The molecule has 0 aliphatic rings. The number of ketones is 1. The number of hydrogen-bond acceptors (Lipinski definition) is 2. The van der Waals surface area contributed by atoms with E-state index in [0.29, 0.717) is 0 Å². The molecule has 0 aliphatic carbocycles. The van der Waals surface area contributed by atoms with Gasteiger partial charge in [0.1, 0.15) is 0 Å². The summed E-state index contributed by atoms with van der Waals surface area (Å²) >= 11 is 5.23. The van der Waals surface area contributed by atoms with E-state index in [1.165, 1.54) is 12.1 Å². The van der Waals surface area contributed by atoms with Gasteiger partial charge in [0.25, 0.3) is 0 Å². The number of para-hydroxylation sites is 1. The molecule has 4 heteroatoms. The van der Waals surface area contributed by atoms with Gasteiger partial charge in [0.15, 0.2) is 17.3 Å². The molecule has 0 amide bonds. The van der Waals surface area contributed by atoms with Crippen LogP contribution in [0.1, 0.15) is 10.4 Å². The predicted octanol–water partition coefficient (Wildman–Crippen LogP) is 1.95. The minimum absolute atomic E-state index is 0.0787. The fourth-order valence-electron chi connectivity index (χ4n) is 0.812. The van der Waals surface area contributed by atoms with E-state index < -0.39 is 17.3 Å². The zero-order chi connectivity index (χ0) is 9.14. The summed E-state index contributed by atoms with van der Waals surface area (Å²) in [6, 6.07) is 3.73. The molecule has 0 heterocycles. The van der Waals surface area contributed by atoms with Gasteiger partial charge in [-0.25, -0.2) is 4.39 Å². The number of halogens is 2. The molecule has 1 aromatic rings. The first-order valence-electron chi connectivity index (χ1n) is 3.23. The Morgan fingerprint density at radius 3 is 2.83 bits per heavy atom. The lowest BCUT2D eigenvalue weighted by atomic mass is 10.1. The van der Waals surface area contributed by atoms with Gasteiger partial charge in [-0.15, -0.1) is 11.6 Å². The zero-order valence-electron chi connectivity index (χ0n) is 6.05. The van der Waals surface area contributed by atoms with E-state index in [0.717, 1.165) is 6.07 Å². The van der Waals surface area contributed by atoms with E-state index in [2.05, 4.69) is 0 Å². The van der Waals surface area contributed by atoms with Crippen molar-refractivity contribution in [1.82, 2.24) is 0 Å². The Morgan fingerprint density at radius 2 is 2.25 bits per heavy atom. The quantitative estimate of drug-likeness (QED) is 0.569. The molecule has 0 saturated carbocycles. The third-order valence-electron chi connectivity index (χ3n) is 1.41. The number of carbonyl (C=O) groups excluding carboxylic acids is 1. The molecular formula is C8H6ClFO2. The van der Waals surface area contributed by atoms with Crippen LogP contribution in [0.3, 0.4) is 0 Å². The van der Waals surface area contributed by atoms with E-state index in [9.17, 15) is 9.18 Å². The summed E-state index contributed by atoms with van der Waals surface area (Å²) < 4.78 is 12.6. The number of Topliss-reactive ketones (excluding diaryl/α,β-unsaturated/α-hetero) is 1. The van der Waals surface area contributed by atoms with Gasteiger partial charge < -0.3 is 5.11 Å². The molecule has 0 radical (unpaired) electrons. The Balaban J connectivity index is 3.16. The van der Waals surface area contributed by atoms with Crippen LogP contribution in [0.5, 0.6) is 5.75 Å². The SMILES string of the molecule is O=C(CCl)c1cccc(F)c1O. The number of rotatable bonds is 2. The van der Waals surface area contributed by atoms with Crippen molar-refractivity contribution in [2.24, 2.45) is 0 Å². The summed E-state index contributed by atoms with van der Waals surface area (Å²) in [7, 11) is 0. The number of phenolic OH excluding ortho intramolecular Hbond substituents is 1. The van der Waals surface area contributed by atoms with Crippen molar-refractivity contribution in [2.45, 2.75) is 0 Å². The average molecular weight is 189 g/mol. The first-order valence-corrected chi connectivity index (χ1v) is 3.77. The third-order valence-corrected chi connectivity index (χ3v) is 1.65. The largest absolute Gasteiger partial charge is 0.504 e. The van der Waals surface area contributed by atoms with E-state index in [4.69, 9.17) is 16.7 Å². The maximum atomic E-state index is 12.6. The number of aromatic hydroxyl groups is 1. The maximum Gasteiger partial charge on any atom is 0.181 e. The van der Waals surface area contributed by atoms with E-state index in [1.807, 2.05) is 0 Å². The topological polar surface area (TPSA) is 37.3 Å². The lowest BCUT2D eigenvalue weighted by Gasteiger charge is -2.00. The Morgan fingerprint density at radius 1 is 1.58 bits per heavy atom. The van der Waals surface area contributed by atoms with Crippen molar-refractivity contribution < 1.29 is 14.3 Å². The molecule has 0 fully saturated rings. The summed E-state index contributed by atoms with van der Waals surface area (Å²) in [4.78, 5) is 10.9. The number of benzene rings is 1. The molecular weight excluding hydrogens is 183 g/mol. The highest BCUT2D eigenvalue weighted by molar-refractivity contribution is 6.30. The molecule has 0 aliphatic heterocycles. The first-order chi connectivity index (χ1) is 5.66. The molecule has 2 nitrogen and oxygen atoms in total. The summed E-state index contributed by atoms with van der Waals surface area (Å²) in [6.45, 7) is 0. The van der Waals surface area contributed by atoms with Gasteiger partial charge in [-0.3, -0.25) is 4.79 Å². The molecule has 0 aromatic heterocycles. The van der Waals surface area contributed by atoms with Crippen molar-refractivity contribution in [1.29, 1.82) is 0 Å². The van der Waals surface area contributed by atoms with Gasteiger partial charge in [0.2, 0.25) is 0 Å². The van der Waals surface area contributed by atoms with Gasteiger partial charge >= 0.3 is 0 Å². The van der Waals surface area contributed by atoms with Crippen LogP contribution in [0.4, 0.5) is 4.39 Å². The van der Waals surface area contributed by atoms with Crippen molar-refractivity contribution >= 4 is 17.4 Å². The highest BCUT2D eigenvalue weighted by Gasteiger charge is 2.12. The Labute approximate surface area is 73.6 Å². The molecule has 0 bridgehead atoms. The molecule has 0 unspecified atom stereocenters. The van der Waals surface area contributed by atoms with Crippen LogP contribution in [-0.4, -0.2) is 16.8 Å². The molecule has 0 saturated heterocycles. The fourth-order valence-corrected chi connectivity index (χ4v) is 0.956. The van der Waals surface area contributed by atoms with Gasteiger partial charge in [-0.2, -0.15) is 0 Å². The molecule has 64 valence electrons. The predicted molar refractivity (Wildman–Crippen MR) is 43.1 cm³/mol. The lowest BCUT2D eigenvalue weighted by Crippen LogP contribution is -2.01. The summed E-state index contributed by atoms with van der Waals surface area (Å²) in [5.41, 5.74) is -0.0787. The van der Waals surface area contributed by atoms with E-state index in [1.54, 1.807) is 0 Å². The Bertz CT molecular complexity index is 312. The number of alkyl halides is 1. The highest BCUT2D eigenvalue weighted by atomic mass is 35.5. The second kappa shape index (κ2) is 3.54. The van der Waals surface area contributed by atoms with Crippen LogP contribution < -0.4 is 0 Å². The van der Waals surface area contributed by atoms with Crippen molar-refractivity contribution in [3.63, 3.8) is 0 Å². The average Bonchev–Trinajstić information content (AvgIpc) is 2.08. The molecule has 1 aromatic carbocycles. The molecule has 12 heavy (non-hydrogen) atoms. The Kier molecular flexibility index (Phi) is 2.65. The number of carbonyl (C=O) groups is 1. The molecule has 1 N–H and O–H groups in total. The third kappa shape index (κ3) is 1.56. The monoisotopic (exact) mass is 188 g/mol. The van der Waals surface area contributed by atoms with Gasteiger partial charge in [-0.05, 0) is 12.1 Å². The van der Waals surface area contributed by atoms with Crippen LogP contribution in [0.2, 0.25) is 0 Å². The lowest BCUT2D eigenvalue weighted by molar-refractivity contribution is 0.101. The number of phenols is 1.